The van der Waals surface area contributed by atoms with Gasteiger partial charge in [-0.15, -0.1) is 0 Å². The van der Waals surface area contributed by atoms with Crippen molar-refractivity contribution in [2.75, 3.05) is 21.2 Å². The van der Waals surface area contributed by atoms with Crippen LogP contribution in [0.25, 0.3) is 83.3 Å². The van der Waals surface area contributed by atoms with E-state index in [0.717, 1.165) is 97.5 Å². The number of rotatable bonds is 12. The molecule has 1 aliphatic rings. The predicted octanol–water partition coefficient (Wildman–Crippen LogP) is 22.2. The molecule has 88 heavy (non-hydrogen) atoms. The van der Waals surface area contributed by atoms with Crippen LogP contribution in [0, 0.1) is 0 Å². The van der Waals surface area contributed by atoms with E-state index in [9.17, 15) is 0 Å². The average molecular weight is 1130 g/mol. The Morgan fingerprint density at radius 2 is 0.727 bits per heavy atom. The summed E-state index contributed by atoms with van der Waals surface area (Å²) in [6, 6.07) is 109. The Balaban J connectivity index is 0.00000337. The number of nitrogens with zero attached hydrogens (tertiary/aromatic N) is 6. The van der Waals surface area contributed by atoms with Crippen LogP contribution in [0.4, 0.5) is 45.5 Å². The second-order valence-corrected chi connectivity index (χ2v) is 21.7. The van der Waals surface area contributed by atoms with Gasteiger partial charge in [0.25, 0.3) is 0 Å². The van der Waals surface area contributed by atoms with Crippen LogP contribution in [0.1, 0.15) is 19.4 Å². The van der Waals surface area contributed by atoms with Crippen molar-refractivity contribution in [3.63, 3.8) is 0 Å². The molecule has 0 saturated heterocycles. The zero-order valence-electron chi connectivity index (χ0n) is 49.3. The van der Waals surface area contributed by atoms with Crippen molar-refractivity contribution in [2.24, 2.45) is 0 Å². The number of allylic oxidation sites excluding steroid dienone is 3. The lowest BCUT2D eigenvalue weighted by atomic mass is 10.0. The van der Waals surface area contributed by atoms with Gasteiger partial charge in [-0.25, -0.2) is 9.97 Å². The van der Waals surface area contributed by atoms with Gasteiger partial charge >= 0.3 is 0 Å². The Kier molecular flexibility index (Phi) is 15.3. The van der Waals surface area contributed by atoms with Crippen molar-refractivity contribution in [3.8, 4) is 50.5 Å². The van der Waals surface area contributed by atoms with E-state index >= 15 is 0 Å². The summed E-state index contributed by atoms with van der Waals surface area (Å²) in [4.78, 5) is 17.9. The Bertz CT molecular complexity index is 4770. The summed E-state index contributed by atoms with van der Waals surface area (Å²) >= 11 is 0. The van der Waals surface area contributed by atoms with Gasteiger partial charge in [-0.2, -0.15) is 0 Å². The van der Waals surface area contributed by atoms with Crippen LogP contribution in [0.5, 0.6) is 0 Å². The molecule has 6 nitrogen and oxygen atoms in total. The van der Waals surface area contributed by atoms with E-state index in [1.165, 1.54) is 49.8 Å². The van der Waals surface area contributed by atoms with Gasteiger partial charge in [0, 0.05) is 79.6 Å². The molecule has 0 amide bonds. The lowest BCUT2D eigenvalue weighted by Gasteiger charge is -2.30. The smallest absolute Gasteiger partial charge is 0.0973 e. The molecule has 422 valence electrons. The van der Waals surface area contributed by atoms with Gasteiger partial charge < -0.3 is 19.3 Å². The molecule has 14 aromatic rings. The topological polar surface area (TPSA) is 40.4 Å². The quantitative estimate of drug-likeness (QED) is 0.122. The first-order chi connectivity index (χ1) is 43.6. The lowest BCUT2D eigenvalue weighted by molar-refractivity contribution is 1.07. The summed E-state index contributed by atoms with van der Waals surface area (Å²) < 4.78 is 2.38. The molecule has 2 aromatic heterocycles. The Morgan fingerprint density at radius 3 is 1.28 bits per heavy atom. The first-order valence-electron chi connectivity index (χ1n) is 30.4. The minimum atomic E-state index is 0.749. The van der Waals surface area contributed by atoms with Gasteiger partial charge in [-0.1, -0.05) is 214 Å². The van der Waals surface area contributed by atoms with E-state index in [1.807, 2.05) is 38.1 Å². The van der Waals surface area contributed by atoms with Gasteiger partial charge in [-0.05, 0) is 162 Å². The van der Waals surface area contributed by atoms with Gasteiger partial charge in [0.05, 0.1) is 33.5 Å². The molecule has 0 N–H and O–H groups in total. The van der Waals surface area contributed by atoms with Crippen molar-refractivity contribution in [2.45, 2.75) is 20.3 Å². The standard InChI is InChI=1S/C80H58N6.C2H6/c1-2-20-54-83(64-42-34-59(35-43-64)57-21-8-3-9-22-57)76-52-50-70(55-63(76)25-7-1)84(65-26-12-5-13-27-65)67-46-38-61(39-47-67)79-80(82-75-32-18-17-31-74(75)81-79)62-40-48-68(49-41-62)85(66-28-14-6-15-29-66)71-51-53-78-73(56-71)72-30-16-19-33-77(72)86(78)69-44-36-60(37-45-69)58-23-10-4-11-24-58;1-2/h1-24,26-53,55-56H,25,54H2;1-2H3/b7-1-,20-2-;. The maximum atomic E-state index is 5.38. The first-order valence-corrected chi connectivity index (χ1v) is 30.4. The molecule has 0 fully saturated rings. The molecule has 0 bridgehead atoms. The molecule has 0 unspecified atom stereocenters. The lowest BCUT2D eigenvalue weighted by Crippen LogP contribution is -2.19. The highest BCUT2D eigenvalue weighted by atomic mass is 15.2. The first kappa shape index (κ1) is 54.6. The highest BCUT2D eigenvalue weighted by Gasteiger charge is 2.22. The van der Waals surface area contributed by atoms with Crippen molar-refractivity contribution in [3.05, 3.63) is 333 Å². The highest BCUT2D eigenvalue weighted by molar-refractivity contribution is 6.11. The fourth-order valence-electron chi connectivity index (χ4n) is 12.3. The van der Waals surface area contributed by atoms with Crippen molar-refractivity contribution in [1.82, 2.24) is 14.5 Å². The zero-order valence-corrected chi connectivity index (χ0v) is 49.3. The summed E-state index contributed by atoms with van der Waals surface area (Å²) in [6.45, 7) is 4.75. The molecular weight excluding hydrogens is 1070 g/mol. The monoisotopic (exact) mass is 1130 g/mol. The van der Waals surface area contributed by atoms with E-state index < -0.39 is 0 Å². The van der Waals surface area contributed by atoms with Crippen LogP contribution in [0.2, 0.25) is 0 Å². The third kappa shape index (κ3) is 10.8. The fraction of sp³-hybridized carbons (Fsp3) is 0.0488. The van der Waals surface area contributed by atoms with Crippen LogP contribution in [-0.2, 0) is 6.42 Å². The molecule has 15 rings (SSSR count). The Labute approximate surface area is 515 Å². The number of fused-ring (bicyclic) bond motifs is 5. The average Bonchev–Trinajstić information content (AvgIpc) is 1.73. The minimum absolute atomic E-state index is 0.749. The van der Waals surface area contributed by atoms with Gasteiger partial charge in [0.2, 0.25) is 0 Å². The maximum absolute atomic E-state index is 5.38. The fourth-order valence-corrected chi connectivity index (χ4v) is 12.3. The van der Waals surface area contributed by atoms with E-state index in [2.05, 4.69) is 323 Å². The Hall–Kier alpha value is -11.3. The summed E-state index contributed by atoms with van der Waals surface area (Å²) in [6.07, 6.45) is 9.60. The molecule has 12 aromatic carbocycles. The molecule has 0 spiro atoms. The third-order valence-corrected chi connectivity index (χ3v) is 16.5. The second-order valence-electron chi connectivity index (χ2n) is 21.7. The number of hydrogen-bond donors (Lipinski definition) is 0. The van der Waals surface area contributed by atoms with Gasteiger partial charge in [-0.3, -0.25) is 0 Å². The molecule has 0 aliphatic carbocycles. The van der Waals surface area contributed by atoms with Crippen LogP contribution in [0.3, 0.4) is 0 Å². The number of para-hydroxylation sites is 5. The molecule has 6 heteroatoms. The number of anilines is 8. The summed E-state index contributed by atoms with van der Waals surface area (Å²) in [5.74, 6) is 0. The van der Waals surface area contributed by atoms with Crippen molar-refractivity contribution >= 4 is 78.3 Å². The number of aromatic nitrogens is 3. The minimum Gasteiger partial charge on any atom is -0.337 e. The van der Waals surface area contributed by atoms with Gasteiger partial charge in [0.1, 0.15) is 0 Å². The van der Waals surface area contributed by atoms with Crippen LogP contribution >= 0.6 is 0 Å². The normalized spacial score (nSPS) is 12.7. The Morgan fingerprint density at radius 1 is 0.318 bits per heavy atom. The molecule has 3 heterocycles. The van der Waals surface area contributed by atoms with Crippen LogP contribution in [0.15, 0.2) is 328 Å². The highest BCUT2D eigenvalue weighted by Crippen LogP contribution is 2.44. The molecule has 0 atom stereocenters. The summed E-state index contributed by atoms with van der Waals surface area (Å²) in [5.41, 5.74) is 23.5. The maximum Gasteiger partial charge on any atom is 0.0973 e. The SMILES string of the molecule is C1=C\Cc2cc(N(c3ccccc3)c3ccc(-c4nc5ccccc5nc4-c4ccc(N(c5ccccc5)c5ccc6c(c5)c5ccccc5n6-c5ccc(-c6ccccc6)cc5)cc4)cc3)ccc2N(c2ccc(-c3ccccc3)cc2)C\C=C/1.CC. The molecule has 0 radical (unpaired) electrons. The van der Waals surface area contributed by atoms with Crippen molar-refractivity contribution < 1.29 is 0 Å². The van der Waals surface area contributed by atoms with Crippen LogP contribution < -0.4 is 14.7 Å². The zero-order chi connectivity index (χ0) is 59.2. The molecule has 0 saturated carbocycles. The van der Waals surface area contributed by atoms with E-state index in [4.69, 9.17) is 9.97 Å². The van der Waals surface area contributed by atoms with Crippen LogP contribution in [-0.4, -0.2) is 21.1 Å². The predicted molar refractivity (Wildman–Crippen MR) is 372 cm³/mol. The third-order valence-electron chi connectivity index (χ3n) is 16.5. The molecular formula is C82H64N6. The van der Waals surface area contributed by atoms with E-state index in [1.54, 1.807) is 0 Å². The van der Waals surface area contributed by atoms with Crippen molar-refractivity contribution in [1.29, 1.82) is 0 Å². The largest absolute Gasteiger partial charge is 0.337 e. The summed E-state index contributed by atoms with van der Waals surface area (Å²) in [7, 11) is 0. The van der Waals surface area contributed by atoms with E-state index in [0.29, 0.717) is 0 Å². The van der Waals surface area contributed by atoms with Gasteiger partial charge in [0.15, 0.2) is 0 Å². The second kappa shape index (κ2) is 24.7. The summed E-state index contributed by atoms with van der Waals surface area (Å²) in [5, 5.41) is 2.39. The number of hydrogen-bond acceptors (Lipinski definition) is 5. The van der Waals surface area contributed by atoms with E-state index in [-0.39, 0.29) is 0 Å². The number of benzene rings is 12. The molecule has 1 aliphatic heterocycles.